The molecule has 0 saturated carbocycles. The molecule has 0 radical (unpaired) electrons. The summed E-state index contributed by atoms with van der Waals surface area (Å²) in [5.41, 5.74) is 2.02. The molecule has 3 aromatic rings. The third-order valence-electron chi connectivity index (χ3n) is 4.86. The van der Waals surface area contributed by atoms with Crippen LogP contribution in [0.1, 0.15) is 19.4 Å². The zero-order valence-electron chi connectivity index (χ0n) is 18.0. The Hall–Kier alpha value is -2.98. The molecule has 0 aliphatic heterocycles. The molecule has 0 aliphatic carbocycles. The summed E-state index contributed by atoms with van der Waals surface area (Å²) in [5.74, 6) is 0.297. The Bertz CT molecular complexity index is 1200. The second-order valence-electron chi connectivity index (χ2n) is 7.58. The summed E-state index contributed by atoms with van der Waals surface area (Å²) in [4.78, 5) is 16.0. The molecule has 0 aliphatic rings. The first-order valence-corrected chi connectivity index (χ1v) is 12.0. The van der Waals surface area contributed by atoms with Crippen LogP contribution in [0.5, 0.6) is 11.5 Å². The lowest BCUT2D eigenvalue weighted by Gasteiger charge is -2.20. The maximum atomic E-state index is 13.3. The molecule has 3 rings (SSSR count). The number of ether oxygens (including phenoxy) is 1. The minimum atomic E-state index is -3.93. The molecular weight excluding hydrogens is 466 g/mol. The van der Waals surface area contributed by atoms with Gasteiger partial charge in [-0.15, -0.1) is 0 Å². The van der Waals surface area contributed by atoms with Crippen molar-refractivity contribution in [2.24, 2.45) is 5.92 Å². The van der Waals surface area contributed by atoms with Gasteiger partial charge in [-0.1, -0.05) is 31.5 Å². The van der Waals surface area contributed by atoms with Gasteiger partial charge in [0.15, 0.2) is 5.03 Å². The van der Waals surface area contributed by atoms with Gasteiger partial charge < -0.3 is 10.1 Å². The fraction of sp³-hybridized carbons (Fsp3) is 0.217. The predicted molar refractivity (Wildman–Crippen MR) is 123 cm³/mol. The van der Waals surface area contributed by atoms with Gasteiger partial charge in [0.1, 0.15) is 11.5 Å². The van der Waals surface area contributed by atoms with Gasteiger partial charge in [0.25, 0.3) is 5.91 Å². The Morgan fingerprint density at radius 2 is 1.67 bits per heavy atom. The molecule has 8 nitrogen and oxygen atoms in total. The van der Waals surface area contributed by atoms with Crippen molar-refractivity contribution in [3.63, 3.8) is 0 Å². The zero-order chi connectivity index (χ0) is 24.0. The molecule has 174 valence electrons. The van der Waals surface area contributed by atoms with E-state index >= 15 is 0 Å². The summed E-state index contributed by atoms with van der Waals surface area (Å²) in [5, 5.41) is 12.4. The highest BCUT2D eigenvalue weighted by Gasteiger charge is 2.25. The number of rotatable bonds is 9. The number of carbonyl (C=O) groups excluding carboxylic acids is 1. The van der Waals surface area contributed by atoms with Gasteiger partial charge in [0.05, 0.1) is 10.9 Å². The number of carbonyl (C=O) groups is 1. The number of pyridine rings is 1. The number of benzene rings is 2. The van der Waals surface area contributed by atoms with Gasteiger partial charge >= 0.3 is 0 Å². The Morgan fingerprint density at radius 3 is 2.24 bits per heavy atom. The summed E-state index contributed by atoms with van der Waals surface area (Å²) in [6.45, 7) is 3.68. The summed E-state index contributed by atoms with van der Waals surface area (Å²) in [6, 6.07) is 15.4. The molecule has 1 aromatic heterocycles. The second-order valence-corrected chi connectivity index (χ2v) is 9.88. The molecular formula is C23H24ClN3O5S. The second kappa shape index (κ2) is 10.8. The molecule has 0 unspecified atom stereocenters. The van der Waals surface area contributed by atoms with E-state index in [1.807, 2.05) is 13.8 Å². The molecule has 1 atom stereocenters. The van der Waals surface area contributed by atoms with Crippen molar-refractivity contribution >= 4 is 27.3 Å². The number of nitrogens with one attached hydrogen (secondary N) is 2. The van der Waals surface area contributed by atoms with Gasteiger partial charge in [-0.3, -0.25) is 10.0 Å². The maximum absolute atomic E-state index is 13.3. The summed E-state index contributed by atoms with van der Waals surface area (Å²) in [7, 11) is -3.93. The van der Waals surface area contributed by atoms with E-state index in [1.165, 1.54) is 18.3 Å². The quantitative estimate of drug-likeness (QED) is 0.307. The zero-order valence-corrected chi connectivity index (χ0v) is 19.6. The van der Waals surface area contributed by atoms with Crippen LogP contribution in [0.3, 0.4) is 0 Å². The highest BCUT2D eigenvalue weighted by atomic mass is 35.5. The monoisotopic (exact) mass is 489 g/mol. The van der Waals surface area contributed by atoms with Crippen molar-refractivity contribution in [1.82, 2.24) is 15.8 Å². The Morgan fingerprint density at radius 1 is 1.06 bits per heavy atom. The van der Waals surface area contributed by atoms with Crippen LogP contribution in [0.4, 0.5) is 0 Å². The number of hydrogen-bond donors (Lipinski definition) is 3. The predicted octanol–water partition coefficient (Wildman–Crippen LogP) is 3.98. The summed E-state index contributed by atoms with van der Waals surface area (Å²) >= 11 is 5.87. The smallest absolute Gasteiger partial charge is 0.260 e. The van der Waals surface area contributed by atoms with Gasteiger partial charge in [-0.25, -0.2) is 18.9 Å². The van der Waals surface area contributed by atoms with E-state index < -0.39 is 21.8 Å². The van der Waals surface area contributed by atoms with E-state index in [4.69, 9.17) is 21.5 Å². The van der Waals surface area contributed by atoms with E-state index in [1.54, 1.807) is 54.0 Å². The van der Waals surface area contributed by atoms with Crippen LogP contribution in [0.15, 0.2) is 76.8 Å². The molecule has 2 aromatic carbocycles. The summed E-state index contributed by atoms with van der Waals surface area (Å²) in [6.07, 6.45) is 1.40. The number of aromatic nitrogens is 1. The van der Waals surface area contributed by atoms with E-state index in [2.05, 4.69) is 10.3 Å². The van der Waals surface area contributed by atoms with Crippen LogP contribution >= 0.6 is 11.6 Å². The lowest BCUT2D eigenvalue weighted by molar-refractivity contribution is -0.132. The fourth-order valence-corrected chi connectivity index (χ4v) is 4.69. The molecule has 3 N–H and O–H groups in total. The average Bonchev–Trinajstić information content (AvgIpc) is 2.81. The third-order valence-corrected chi connectivity index (χ3v) is 6.88. The molecule has 0 fully saturated rings. The first-order chi connectivity index (χ1) is 15.7. The van der Waals surface area contributed by atoms with Gasteiger partial charge in [-0.2, -0.15) is 0 Å². The highest BCUT2D eigenvalue weighted by molar-refractivity contribution is 7.91. The van der Waals surface area contributed by atoms with Crippen LogP contribution in [-0.4, -0.2) is 30.6 Å². The normalized spacial score (nSPS) is 12.4. The van der Waals surface area contributed by atoms with Crippen LogP contribution in [-0.2, 0) is 21.2 Å². The largest absolute Gasteiger partial charge is 0.457 e. The first kappa shape index (κ1) is 24.7. The summed E-state index contributed by atoms with van der Waals surface area (Å²) < 4.78 is 32.2. The van der Waals surface area contributed by atoms with Gasteiger partial charge in [0, 0.05) is 23.3 Å². The molecule has 0 bridgehead atoms. The van der Waals surface area contributed by atoms with E-state index in [0.29, 0.717) is 22.1 Å². The number of halogens is 1. The SMILES string of the molecule is CC(C)[C@@H](NCc1cccnc1S(=O)(=O)c1ccc(Oc2ccc(Cl)cc2)cc1)C(=O)NO. The van der Waals surface area contributed by atoms with Gasteiger partial charge in [-0.05, 0) is 60.5 Å². The highest BCUT2D eigenvalue weighted by Crippen LogP contribution is 2.27. The van der Waals surface area contributed by atoms with Crippen molar-refractivity contribution in [3.05, 3.63) is 77.4 Å². The molecule has 33 heavy (non-hydrogen) atoms. The fourth-order valence-electron chi connectivity index (χ4n) is 3.16. The molecule has 0 saturated heterocycles. The Kier molecular flexibility index (Phi) is 8.04. The first-order valence-electron chi connectivity index (χ1n) is 10.1. The number of hydroxylamine groups is 1. The van der Waals surface area contributed by atoms with Crippen molar-refractivity contribution in [1.29, 1.82) is 0 Å². The number of nitrogens with zero attached hydrogens (tertiary/aromatic N) is 1. The third kappa shape index (κ3) is 6.08. The number of hydrogen-bond acceptors (Lipinski definition) is 7. The minimum absolute atomic E-state index is 0.0550. The standard InChI is InChI=1S/C23H24ClN3O5S/c1-15(2)21(22(28)27-29)26-14-16-4-3-13-25-23(16)33(30,31)20-11-9-19(10-12-20)32-18-7-5-17(24)6-8-18/h3-13,15,21,26,29H,14H2,1-2H3,(H,27,28)/t21-/m1/s1. The van der Waals surface area contributed by atoms with Crippen LogP contribution in [0, 0.1) is 5.92 Å². The van der Waals surface area contributed by atoms with Crippen molar-refractivity contribution in [3.8, 4) is 11.5 Å². The van der Waals surface area contributed by atoms with E-state index in [9.17, 15) is 13.2 Å². The van der Waals surface area contributed by atoms with Crippen molar-refractivity contribution < 1.29 is 23.2 Å². The number of sulfone groups is 1. The minimum Gasteiger partial charge on any atom is -0.457 e. The Balaban J connectivity index is 1.81. The van der Waals surface area contributed by atoms with Crippen LogP contribution < -0.4 is 15.5 Å². The number of amides is 1. The molecule has 1 amide bonds. The molecule has 0 spiro atoms. The van der Waals surface area contributed by atoms with Gasteiger partial charge in [0.2, 0.25) is 9.84 Å². The molecule has 10 heteroatoms. The van der Waals surface area contributed by atoms with E-state index in [-0.39, 0.29) is 22.4 Å². The lowest BCUT2D eigenvalue weighted by Crippen LogP contribution is -2.46. The topological polar surface area (TPSA) is 118 Å². The molecule has 1 heterocycles. The van der Waals surface area contributed by atoms with Crippen molar-refractivity contribution in [2.75, 3.05) is 0 Å². The van der Waals surface area contributed by atoms with Crippen molar-refractivity contribution in [2.45, 2.75) is 36.4 Å². The maximum Gasteiger partial charge on any atom is 0.260 e. The average molecular weight is 490 g/mol. The Labute approximate surface area is 197 Å². The van der Waals surface area contributed by atoms with Crippen LogP contribution in [0.2, 0.25) is 5.02 Å². The van der Waals surface area contributed by atoms with E-state index in [0.717, 1.165) is 0 Å². The van der Waals surface area contributed by atoms with Crippen LogP contribution in [0.25, 0.3) is 0 Å². The lowest BCUT2D eigenvalue weighted by atomic mass is 10.0.